The topological polar surface area (TPSA) is 65.2 Å². The van der Waals surface area contributed by atoms with E-state index in [0.29, 0.717) is 5.75 Å². The summed E-state index contributed by atoms with van der Waals surface area (Å²) < 4.78 is 4.58. The molecule has 0 aliphatic rings. The fourth-order valence-electron chi connectivity index (χ4n) is 1.70. The van der Waals surface area contributed by atoms with Gasteiger partial charge in [0.05, 0.1) is 18.3 Å². The minimum atomic E-state index is -0.574. The lowest BCUT2D eigenvalue weighted by Gasteiger charge is -2.08. The number of hydrogen-bond acceptors (Lipinski definition) is 5. The first kappa shape index (κ1) is 13.8. The molecule has 2 N–H and O–H groups in total. The minimum absolute atomic E-state index is 0.376. The highest BCUT2D eigenvalue weighted by Gasteiger charge is 2.13. The van der Waals surface area contributed by atoms with Gasteiger partial charge in [-0.25, -0.2) is 0 Å². The molecule has 0 spiro atoms. The normalized spacial score (nSPS) is 12.3. The Hall–Kier alpha value is -1.59. The van der Waals surface area contributed by atoms with Gasteiger partial charge < -0.3 is 10.5 Å². The summed E-state index contributed by atoms with van der Waals surface area (Å²) in [6.07, 6.45) is 0. The number of nitrogens with zero attached hydrogens (tertiary/aromatic N) is 1. The molecule has 5 heteroatoms. The van der Waals surface area contributed by atoms with Crippen LogP contribution in [0.2, 0.25) is 0 Å². The van der Waals surface area contributed by atoms with Crippen molar-refractivity contribution in [2.24, 2.45) is 5.73 Å². The van der Waals surface area contributed by atoms with Gasteiger partial charge in [0.15, 0.2) is 0 Å². The average Bonchev–Trinajstić information content (AvgIpc) is 2.46. The lowest BCUT2D eigenvalue weighted by Crippen LogP contribution is -2.33. The van der Waals surface area contributed by atoms with Gasteiger partial charge in [0.1, 0.15) is 6.04 Å². The molecule has 0 aliphatic carbocycles. The Kier molecular flexibility index (Phi) is 4.76. The van der Waals surface area contributed by atoms with Crippen LogP contribution in [0.5, 0.6) is 0 Å². The molecule has 0 saturated carbocycles. The first-order valence-corrected chi connectivity index (χ1v) is 7.12. The molecule has 0 radical (unpaired) electrons. The van der Waals surface area contributed by atoms with Crippen LogP contribution in [0, 0.1) is 0 Å². The Bertz CT molecular complexity index is 574. The Morgan fingerprint density at radius 3 is 2.95 bits per heavy atom. The van der Waals surface area contributed by atoms with Gasteiger partial charge in [0.2, 0.25) is 0 Å². The third-order valence-corrected chi connectivity index (χ3v) is 3.80. The van der Waals surface area contributed by atoms with E-state index in [9.17, 15) is 4.79 Å². The molecule has 100 valence electrons. The van der Waals surface area contributed by atoms with Crippen molar-refractivity contribution in [3.05, 3.63) is 42.1 Å². The van der Waals surface area contributed by atoms with E-state index >= 15 is 0 Å². The molecule has 0 amide bonds. The zero-order valence-corrected chi connectivity index (χ0v) is 11.5. The van der Waals surface area contributed by atoms with Gasteiger partial charge in [-0.15, -0.1) is 0 Å². The highest BCUT2D eigenvalue weighted by molar-refractivity contribution is 7.98. The van der Waals surface area contributed by atoms with E-state index in [0.717, 1.165) is 22.3 Å². The van der Waals surface area contributed by atoms with Crippen LogP contribution >= 0.6 is 11.8 Å². The van der Waals surface area contributed by atoms with E-state index in [2.05, 4.69) is 15.8 Å². The van der Waals surface area contributed by atoms with Gasteiger partial charge in [0.25, 0.3) is 0 Å². The number of carbonyl (C=O) groups is 1. The number of pyridine rings is 1. The predicted octanol–water partition coefficient (Wildman–Crippen LogP) is 1.97. The maximum absolute atomic E-state index is 11.2. The highest BCUT2D eigenvalue weighted by Crippen LogP contribution is 2.16. The molecule has 0 bridgehead atoms. The largest absolute Gasteiger partial charge is 0.468 e. The van der Waals surface area contributed by atoms with Crippen LogP contribution in [0.4, 0.5) is 0 Å². The summed E-state index contributed by atoms with van der Waals surface area (Å²) in [6.45, 7) is 0. The standard InChI is InChI=1S/C14H16N2O2S/c1-18-14(17)12(15)9-19-8-11-7-6-10-4-2-3-5-13(10)16-11/h2-7,12H,8-9,15H2,1H3. The summed E-state index contributed by atoms with van der Waals surface area (Å²) >= 11 is 1.58. The van der Waals surface area contributed by atoms with Crippen LogP contribution in [0.25, 0.3) is 10.9 Å². The van der Waals surface area contributed by atoms with E-state index in [4.69, 9.17) is 5.73 Å². The summed E-state index contributed by atoms with van der Waals surface area (Å²) in [4.78, 5) is 15.7. The monoisotopic (exact) mass is 276 g/mol. The number of esters is 1. The molecule has 1 atom stereocenters. The smallest absolute Gasteiger partial charge is 0.323 e. The van der Waals surface area contributed by atoms with E-state index < -0.39 is 6.04 Å². The van der Waals surface area contributed by atoms with Gasteiger partial charge in [-0.05, 0) is 12.1 Å². The molecule has 0 saturated heterocycles. The van der Waals surface area contributed by atoms with E-state index in [1.165, 1.54) is 7.11 Å². The number of hydrogen-bond donors (Lipinski definition) is 1. The van der Waals surface area contributed by atoms with Crippen LogP contribution in [0.15, 0.2) is 36.4 Å². The van der Waals surface area contributed by atoms with Crippen LogP contribution < -0.4 is 5.73 Å². The number of fused-ring (bicyclic) bond motifs is 1. The number of ether oxygens (including phenoxy) is 1. The number of benzene rings is 1. The van der Waals surface area contributed by atoms with Gasteiger partial charge in [0, 0.05) is 16.9 Å². The van der Waals surface area contributed by atoms with E-state index in [1.54, 1.807) is 11.8 Å². The second kappa shape index (κ2) is 6.54. The Morgan fingerprint density at radius 1 is 1.37 bits per heavy atom. The maximum Gasteiger partial charge on any atom is 0.323 e. The molecule has 0 fully saturated rings. The fourth-order valence-corrected chi connectivity index (χ4v) is 2.58. The second-order valence-corrected chi connectivity index (χ2v) is 5.17. The SMILES string of the molecule is COC(=O)C(N)CSCc1ccc2ccccc2n1. The zero-order valence-electron chi connectivity index (χ0n) is 10.7. The van der Waals surface area contributed by atoms with Crippen LogP contribution in [-0.2, 0) is 15.3 Å². The van der Waals surface area contributed by atoms with Crippen LogP contribution in [-0.4, -0.2) is 29.9 Å². The lowest BCUT2D eigenvalue weighted by atomic mass is 10.2. The first-order valence-electron chi connectivity index (χ1n) is 5.96. The number of para-hydroxylation sites is 1. The van der Waals surface area contributed by atoms with Gasteiger partial charge in [-0.2, -0.15) is 11.8 Å². The third kappa shape index (κ3) is 3.68. The number of carbonyl (C=O) groups excluding carboxylic acids is 1. The van der Waals surface area contributed by atoms with Crippen molar-refractivity contribution in [3.8, 4) is 0 Å². The third-order valence-electron chi connectivity index (χ3n) is 2.71. The first-order chi connectivity index (χ1) is 9.20. The molecular weight excluding hydrogens is 260 g/mol. The van der Waals surface area contributed by atoms with Crippen molar-refractivity contribution in [2.45, 2.75) is 11.8 Å². The van der Waals surface area contributed by atoms with Crippen molar-refractivity contribution in [1.29, 1.82) is 0 Å². The zero-order chi connectivity index (χ0) is 13.7. The van der Waals surface area contributed by atoms with Crippen molar-refractivity contribution in [2.75, 3.05) is 12.9 Å². The molecule has 1 aromatic carbocycles. The van der Waals surface area contributed by atoms with Crippen molar-refractivity contribution >= 4 is 28.6 Å². The van der Waals surface area contributed by atoms with Crippen LogP contribution in [0.1, 0.15) is 5.69 Å². The van der Waals surface area contributed by atoms with Crippen molar-refractivity contribution in [3.63, 3.8) is 0 Å². The molecule has 0 aliphatic heterocycles. The van der Waals surface area contributed by atoms with Crippen LogP contribution in [0.3, 0.4) is 0 Å². The van der Waals surface area contributed by atoms with Gasteiger partial charge in [-0.1, -0.05) is 24.3 Å². The highest BCUT2D eigenvalue weighted by atomic mass is 32.2. The number of methoxy groups -OCH3 is 1. The molecule has 19 heavy (non-hydrogen) atoms. The molecule has 4 nitrogen and oxygen atoms in total. The van der Waals surface area contributed by atoms with Gasteiger partial charge >= 0.3 is 5.97 Å². The molecule has 1 heterocycles. The molecule has 1 unspecified atom stereocenters. The lowest BCUT2D eigenvalue weighted by molar-refractivity contribution is -0.141. The average molecular weight is 276 g/mol. The minimum Gasteiger partial charge on any atom is -0.468 e. The number of nitrogens with two attached hydrogens (primary N) is 1. The van der Waals surface area contributed by atoms with E-state index in [-0.39, 0.29) is 5.97 Å². The number of thioether (sulfide) groups is 1. The summed E-state index contributed by atoms with van der Waals surface area (Å²) in [7, 11) is 1.34. The maximum atomic E-state index is 11.2. The number of aromatic nitrogens is 1. The van der Waals surface area contributed by atoms with Crippen molar-refractivity contribution in [1.82, 2.24) is 4.98 Å². The summed E-state index contributed by atoms with van der Waals surface area (Å²) in [6, 6.07) is 11.5. The predicted molar refractivity (Wildman–Crippen MR) is 77.9 cm³/mol. The van der Waals surface area contributed by atoms with Crippen molar-refractivity contribution < 1.29 is 9.53 Å². The molecular formula is C14H16N2O2S. The number of rotatable bonds is 5. The molecule has 2 rings (SSSR count). The fraction of sp³-hybridized carbons (Fsp3) is 0.286. The Morgan fingerprint density at radius 2 is 2.16 bits per heavy atom. The summed E-state index contributed by atoms with van der Waals surface area (Å²) in [5.41, 5.74) is 7.64. The second-order valence-electron chi connectivity index (χ2n) is 4.14. The Labute approximate surface area is 116 Å². The molecule has 1 aromatic heterocycles. The Balaban J connectivity index is 1.93. The quantitative estimate of drug-likeness (QED) is 0.846. The summed E-state index contributed by atoms with van der Waals surface area (Å²) in [5.74, 6) is 0.885. The summed E-state index contributed by atoms with van der Waals surface area (Å²) in [5, 5.41) is 1.13. The molecule has 2 aromatic rings. The van der Waals surface area contributed by atoms with Gasteiger partial charge in [-0.3, -0.25) is 9.78 Å². The van der Waals surface area contributed by atoms with E-state index in [1.807, 2.05) is 30.3 Å².